The smallest absolute Gasteiger partial charge is 0.306 e. The van der Waals surface area contributed by atoms with Gasteiger partial charge in [-0.15, -0.1) is 0 Å². The zero-order valence-corrected chi connectivity index (χ0v) is 19.0. The highest BCUT2D eigenvalue weighted by atomic mass is 16.4. The van der Waals surface area contributed by atoms with Gasteiger partial charge >= 0.3 is 11.9 Å². The van der Waals surface area contributed by atoms with Gasteiger partial charge in [0.25, 0.3) is 0 Å². The minimum Gasteiger partial charge on any atom is -0.547 e. The van der Waals surface area contributed by atoms with Crippen LogP contribution in [-0.4, -0.2) is 58.3 Å². The van der Waals surface area contributed by atoms with Crippen LogP contribution in [0.25, 0.3) is 0 Å². The number of rotatable bonds is 8. The fourth-order valence-electron chi connectivity index (χ4n) is 3.59. The molecule has 1 heterocycles. The van der Waals surface area contributed by atoms with E-state index < -0.39 is 36.4 Å². The largest absolute Gasteiger partial charge is 0.547 e. The number of aliphatic hydroxyl groups is 1. The van der Waals surface area contributed by atoms with E-state index in [0.717, 1.165) is 18.7 Å². The lowest BCUT2D eigenvalue weighted by molar-refractivity contribution is -0.561. The molecular weight excluding hydrogens is 444 g/mol. The molecule has 0 spiro atoms. The molecule has 5 N–H and O–H groups in total. The third-order valence-electron chi connectivity index (χ3n) is 5.47. The molecule has 0 atom stereocenters. The Morgan fingerprint density at radius 3 is 2.15 bits per heavy atom. The summed E-state index contributed by atoms with van der Waals surface area (Å²) in [5.74, 6) is -5.21. The van der Waals surface area contributed by atoms with Crippen LogP contribution in [0.15, 0.2) is 42.5 Å². The average Bonchev–Trinajstić information content (AvgIpc) is 3.23. The van der Waals surface area contributed by atoms with Gasteiger partial charge in [0.1, 0.15) is 11.3 Å². The maximum atomic E-state index is 12.5. The molecule has 10 nitrogen and oxygen atoms in total. The van der Waals surface area contributed by atoms with Gasteiger partial charge in [-0.1, -0.05) is 29.8 Å². The van der Waals surface area contributed by atoms with Gasteiger partial charge < -0.3 is 35.4 Å². The second-order valence-corrected chi connectivity index (χ2v) is 8.15. The standard InChI is InChI=1S/C18H20N2O.C6H8O7/c1-13-6-8-15(9-7-13)20(2)18(21)12-14-4-3-5-17-16(14)10-11-19-17;7-3(8)1-6(13,5(11)12)2-4(9)10/h3-9,19H,10-12H2,1-2H3;13H,1-2H2,(H,7,8)(H,9,10)(H,11,12). The highest BCUT2D eigenvalue weighted by Crippen LogP contribution is 2.22. The van der Waals surface area contributed by atoms with Crippen molar-refractivity contribution in [1.29, 1.82) is 0 Å². The molecule has 0 saturated carbocycles. The van der Waals surface area contributed by atoms with Crippen molar-refractivity contribution in [2.45, 2.75) is 38.2 Å². The van der Waals surface area contributed by atoms with Crippen LogP contribution in [0.1, 0.15) is 29.5 Å². The zero-order chi connectivity index (χ0) is 25.5. The molecule has 0 aliphatic carbocycles. The predicted molar refractivity (Wildman–Crippen MR) is 119 cm³/mol. The van der Waals surface area contributed by atoms with E-state index in [9.17, 15) is 24.3 Å². The Balaban J connectivity index is 0.000000273. The summed E-state index contributed by atoms with van der Waals surface area (Å²) < 4.78 is 0. The van der Waals surface area contributed by atoms with Crippen molar-refractivity contribution in [2.75, 3.05) is 18.5 Å². The molecule has 1 amide bonds. The predicted octanol–water partition coefficient (Wildman–Crippen LogP) is -0.632. The number of amides is 1. The molecule has 1 aliphatic heterocycles. The van der Waals surface area contributed by atoms with Crippen molar-refractivity contribution in [3.8, 4) is 0 Å². The van der Waals surface area contributed by atoms with Gasteiger partial charge in [-0.05, 0) is 30.7 Å². The van der Waals surface area contributed by atoms with Gasteiger partial charge in [0, 0.05) is 24.7 Å². The van der Waals surface area contributed by atoms with Gasteiger partial charge in [0.15, 0.2) is 0 Å². The fraction of sp³-hybridized carbons (Fsp3) is 0.333. The Morgan fingerprint density at radius 1 is 1.03 bits per heavy atom. The van der Waals surface area contributed by atoms with Crippen LogP contribution in [0.3, 0.4) is 0 Å². The summed E-state index contributed by atoms with van der Waals surface area (Å²) in [4.78, 5) is 44.6. The summed E-state index contributed by atoms with van der Waals surface area (Å²) in [6.45, 7) is 3.14. The molecule has 2 aromatic rings. The first kappa shape index (κ1) is 26.5. The van der Waals surface area contributed by atoms with Crippen molar-refractivity contribution >= 4 is 35.2 Å². The number of carbonyl (C=O) groups excluding carboxylic acids is 2. The Kier molecular flexibility index (Phi) is 8.88. The molecule has 34 heavy (non-hydrogen) atoms. The van der Waals surface area contributed by atoms with E-state index in [-0.39, 0.29) is 5.91 Å². The molecular formula is C24H28N2O8. The van der Waals surface area contributed by atoms with E-state index in [2.05, 4.69) is 30.4 Å². The SMILES string of the molecule is Cc1ccc(N(C)C(=O)Cc2cccc3c2CC[NH2+]3)cc1.O=C(O)CC(O)(CC(=O)O)C(=O)[O-]. The van der Waals surface area contributed by atoms with Crippen LogP contribution in [0.2, 0.25) is 0 Å². The van der Waals surface area contributed by atoms with E-state index in [1.165, 1.54) is 22.4 Å². The van der Waals surface area contributed by atoms with Gasteiger partial charge in [-0.25, -0.2) is 0 Å². The lowest BCUT2D eigenvalue weighted by Gasteiger charge is -2.25. The van der Waals surface area contributed by atoms with E-state index in [0.29, 0.717) is 6.42 Å². The summed E-state index contributed by atoms with van der Waals surface area (Å²) in [6, 6.07) is 14.3. The Hall–Kier alpha value is -3.76. The van der Waals surface area contributed by atoms with Crippen LogP contribution in [0, 0.1) is 6.92 Å². The number of carbonyl (C=O) groups is 4. The summed E-state index contributed by atoms with van der Waals surface area (Å²) in [5, 5.41) is 37.8. The number of hydrogen-bond acceptors (Lipinski definition) is 6. The molecule has 0 radical (unpaired) electrons. The molecule has 0 bridgehead atoms. The number of quaternary nitrogens is 1. The molecule has 0 unspecified atom stereocenters. The zero-order valence-electron chi connectivity index (χ0n) is 19.0. The minimum absolute atomic E-state index is 0.138. The van der Waals surface area contributed by atoms with Crippen LogP contribution in [-0.2, 0) is 32.0 Å². The van der Waals surface area contributed by atoms with Crippen LogP contribution in [0.5, 0.6) is 0 Å². The summed E-state index contributed by atoms with van der Waals surface area (Å²) in [7, 11) is 1.85. The number of aryl methyl sites for hydroxylation is 1. The number of carboxylic acid groups (broad SMARTS) is 3. The van der Waals surface area contributed by atoms with Crippen molar-refractivity contribution < 1.29 is 44.9 Å². The van der Waals surface area contributed by atoms with E-state index in [1.807, 2.05) is 31.3 Å². The van der Waals surface area contributed by atoms with E-state index in [4.69, 9.17) is 15.3 Å². The number of aliphatic carboxylic acids is 3. The number of hydrogen-bond donors (Lipinski definition) is 4. The van der Waals surface area contributed by atoms with Crippen molar-refractivity contribution in [3.63, 3.8) is 0 Å². The Labute approximate surface area is 196 Å². The number of likely N-dealkylation sites (N-methyl/N-ethyl adjacent to an activating group) is 1. The third kappa shape index (κ3) is 7.12. The second-order valence-electron chi connectivity index (χ2n) is 8.15. The van der Waals surface area contributed by atoms with E-state index in [1.54, 1.807) is 4.90 Å². The first-order valence-electron chi connectivity index (χ1n) is 10.6. The Bertz CT molecular complexity index is 1050. The second kappa shape index (κ2) is 11.4. The Morgan fingerprint density at radius 2 is 1.62 bits per heavy atom. The monoisotopic (exact) mass is 472 g/mol. The molecule has 182 valence electrons. The van der Waals surface area contributed by atoms with Crippen LogP contribution in [0.4, 0.5) is 11.4 Å². The first-order chi connectivity index (χ1) is 15.9. The van der Waals surface area contributed by atoms with Crippen LogP contribution >= 0.6 is 0 Å². The molecule has 2 aromatic carbocycles. The molecule has 0 fully saturated rings. The van der Waals surface area contributed by atoms with E-state index >= 15 is 0 Å². The van der Waals surface area contributed by atoms with Gasteiger partial charge in [-0.2, -0.15) is 0 Å². The quantitative estimate of drug-likeness (QED) is 0.368. The number of anilines is 1. The molecule has 3 rings (SSSR count). The normalized spacial score (nSPS) is 12.2. The molecule has 1 aliphatic rings. The highest BCUT2D eigenvalue weighted by molar-refractivity contribution is 5.94. The van der Waals surface area contributed by atoms with Gasteiger partial charge in [-0.3, -0.25) is 14.4 Å². The number of nitrogens with zero attached hydrogens (tertiary/aromatic N) is 1. The van der Waals surface area contributed by atoms with Gasteiger partial charge in [0.2, 0.25) is 5.91 Å². The minimum atomic E-state index is -2.85. The lowest BCUT2D eigenvalue weighted by Crippen LogP contribution is -2.75. The number of carboxylic acids is 3. The highest BCUT2D eigenvalue weighted by Gasteiger charge is 2.34. The topological polar surface area (TPSA) is 172 Å². The third-order valence-corrected chi connectivity index (χ3v) is 5.47. The summed E-state index contributed by atoms with van der Waals surface area (Å²) >= 11 is 0. The average molecular weight is 472 g/mol. The number of fused-ring (bicyclic) bond motifs is 1. The number of nitrogens with two attached hydrogens (primary N) is 1. The molecule has 0 aromatic heterocycles. The van der Waals surface area contributed by atoms with Crippen LogP contribution < -0.4 is 15.3 Å². The number of benzene rings is 2. The first-order valence-corrected chi connectivity index (χ1v) is 10.6. The summed E-state index contributed by atoms with van der Waals surface area (Å²) in [6.07, 6.45) is -0.877. The van der Waals surface area contributed by atoms with Crippen molar-refractivity contribution in [3.05, 3.63) is 59.2 Å². The van der Waals surface area contributed by atoms with Crippen molar-refractivity contribution in [2.24, 2.45) is 0 Å². The maximum Gasteiger partial charge on any atom is 0.306 e. The maximum absolute atomic E-state index is 12.5. The molecule has 10 heteroatoms. The summed E-state index contributed by atoms with van der Waals surface area (Å²) in [5.41, 5.74) is 3.13. The lowest BCUT2D eigenvalue weighted by atomic mass is 9.96. The van der Waals surface area contributed by atoms with Crippen molar-refractivity contribution in [1.82, 2.24) is 0 Å². The molecule has 0 saturated heterocycles. The van der Waals surface area contributed by atoms with Gasteiger partial charge in [0.05, 0.1) is 31.8 Å². The fourth-order valence-corrected chi connectivity index (χ4v) is 3.59.